The van der Waals surface area contributed by atoms with Crippen molar-refractivity contribution in [1.29, 1.82) is 0 Å². The van der Waals surface area contributed by atoms with Crippen LogP contribution in [0.1, 0.15) is 49.8 Å². The van der Waals surface area contributed by atoms with E-state index in [4.69, 9.17) is 9.15 Å². The Morgan fingerprint density at radius 1 is 1.16 bits per heavy atom. The highest BCUT2D eigenvalue weighted by molar-refractivity contribution is 7.21. The molecule has 0 atom stereocenters. The Balaban J connectivity index is 1.46. The normalized spacial score (nSPS) is 14.4. The van der Waals surface area contributed by atoms with E-state index in [1.807, 2.05) is 31.2 Å². The number of fused-ring (bicyclic) bond motifs is 2. The van der Waals surface area contributed by atoms with Gasteiger partial charge in [0.2, 0.25) is 5.43 Å². The molecule has 4 aromatic rings. The minimum atomic E-state index is -0.232. The van der Waals surface area contributed by atoms with Gasteiger partial charge in [0.15, 0.2) is 0 Å². The maximum Gasteiger partial charge on any atom is 0.311 e. The molecule has 0 radical (unpaired) electrons. The Morgan fingerprint density at radius 2 is 1.94 bits per heavy atom. The lowest BCUT2D eigenvalue weighted by molar-refractivity contribution is -0.134. The number of para-hydroxylation sites is 1. The van der Waals surface area contributed by atoms with Crippen LogP contribution in [0.4, 0.5) is 0 Å². The molecular weight excluding hydrogens is 422 g/mol. The first-order chi connectivity index (χ1) is 15.5. The predicted molar refractivity (Wildman–Crippen MR) is 127 cm³/mol. The lowest BCUT2D eigenvalue weighted by Gasteiger charge is -2.12. The Labute approximate surface area is 190 Å². The summed E-state index contributed by atoms with van der Waals surface area (Å²) in [4.78, 5) is 30.4. The summed E-state index contributed by atoms with van der Waals surface area (Å²) in [5, 5.41) is 1.12. The van der Waals surface area contributed by atoms with E-state index in [0.29, 0.717) is 51.0 Å². The van der Waals surface area contributed by atoms with Crippen molar-refractivity contribution in [3.8, 4) is 16.3 Å². The van der Waals surface area contributed by atoms with Crippen LogP contribution in [0.3, 0.4) is 0 Å². The van der Waals surface area contributed by atoms with Gasteiger partial charge >= 0.3 is 5.97 Å². The van der Waals surface area contributed by atoms with Crippen LogP contribution in [0.25, 0.3) is 31.8 Å². The van der Waals surface area contributed by atoms with E-state index in [-0.39, 0.29) is 11.4 Å². The number of aromatic nitrogens is 1. The molecule has 1 saturated carbocycles. The Bertz CT molecular complexity index is 1350. The molecule has 0 saturated heterocycles. The van der Waals surface area contributed by atoms with Gasteiger partial charge in [0.25, 0.3) is 0 Å². The zero-order valence-corrected chi connectivity index (χ0v) is 19.1. The topological polar surface area (TPSA) is 69.4 Å². The van der Waals surface area contributed by atoms with E-state index in [1.54, 1.807) is 19.1 Å². The summed E-state index contributed by atoms with van der Waals surface area (Å²) in [6, 6.07) is 11.2. The number of rotatable bonds is 5. The molecule has 1 aliphatic rings. The number of hydrogen-bond acceptors (Lipinski definition) is 6. The van der Waals surface area contributed by atoms with Crippen LogP contribution in [0.15, 0.2) is 45.6 Å². The molecule has 0 unspecified atom stereocenters. The summed E-state index contributed by atoms with van der Waals surface area (Å²) in [5.41, 5.74) is 2.35. The Morgan fingerprint density at radius 3 is 2.72 bits per heavy atom. The Kier molecular flexibility index (Phi) is 5.55. The molecule has 0 aliphatic heterocycles. The minimum absolute atomic E-state index is 0.120. The van der Waals surface area contributed by atoms with Crippen molar-refractivity contribution in [2.75, 3.05) is 0 Å². The second kappa shape index (κ2) is 8.51. The lowest BCUT2D eigenvalue weighted by Crippen LogP contribution is -2.12. The first-order valence-electron chi connectivity index (χ1n) is 11.1. The van der Waals surface area contributed by atoms with Gasteiger partial charge in [-0.2, -0.15) is 0 Å². The molecule has 0 bridgehead atoms. The van der Waals surface area contributed by atoms with Gasteiger partial charge in [0.1, 0.15) is 22.1 Å². The second-order valence-corrected chi connectivity index (χ2v) is 9.61. The molecule has 5 rings (SSSR count). The highest BCUT2D eigenvalue weighted by atomic mass is 32.1. The van der Waals surface area contributed by atoms with Crippen molar-refractivity contribution in [3.05, 3.63) is 57.9 Å². The highest BCUT2D eigenvalue weighted by Crippen LogP contribution is 2.34. The predicted octanol–water partition coefficient (Wildman–Crippen LogP) is 6.56. The number of nitrogens with zero attached hydrogens (tertiary/aromatic N) is 1. The summed E-state index contributed by atoms with van der Waals surface area (Å²) in [6.45, 7) is 3.60. The van der Waals surface area contributed by atoms with E-state index >= 15 is 0 Å². The second-order valence-electron chi connectivity index (χ2n) is 8.58. The number of thiazole rings is 1. The monoisotopic (exact) mass is 447 g/mol. The molecule has 32 heavy (non-hydrogen) atoms. The van der Waals surface area contributed by atoms with Crippen LogP contribution in [0.2, 0.25) is 0 Å². The van der Waals surface area contributed by atoms with E-state index in [1.165, 1.54) is 37.0 Å². The molecule has 0 spiro atoms. The van der Waals surface area contributed by atoms with Crippen LogP contribution in [-0.4, -0.2) is 11.0 Å². The van der Waals surface area contributed by atoms with Crippen LogP contribution < -0.4 is 10.2 Å². The van der Waals surface area contributed by atoms with Crippen LogP contribution in [0.5, 0.6) is 5.75 Å². The average molecular weight is 448 g/mol. The van der Waals surface area contributed by atoms with Gasteiger partial charge in [-0.1, -0.05) is 37.8 Å². The van der Waals surface area contributed by atoms with Gasteiger partial charge in [-0.15, -0.1) is 11.3 Å². The third kappa shape index (κ3) is 3.84. The molecule has 2 heterocycles. The summed E-state index contributed by atoms with van der Waals surface area (Å²) in [6.07, 6.45) is 6.25. The quantitative estimate of drug-likeness (QED) is 0.256. The third-order valence-corrected chi connectivity index (χ3v) is 7.45. The molecule has 1 aliphatic carbocycles. The van der Waals surface area contributed by atoms with Crippen molar-refractivity contribution in [2.24, 2.45) is 5.92 Å². The first-order valence-corrected chi connectivity index (χ1v) is 12.0. The van der Waals surface area contributed by atoms with Crippen LogP contribution in [0, 0.1) is 19.8 Å². The minimum Gasteiger partial charge on any atom is -0.460 e. The smallest absolute Gasteiger partial charge is 0.311 e. The van der Waals surface area contributed by atoms with Crippen molar-refractivity contribution >= 4 is 38.5 Å². The third-order valence-electron chi connectivity index (χ3n) is 6.40. The van der Waals surface area contributed by atoms with E-state index in [2.05, 4.69) is 4.98 Å². The molecule has 164 valence electrons. The highest BCUT2D eigenvalue weighted by Gasteiger charge is 2.21. The number of aryl methyl sites for hydroxylation is 2. The van der Waals surface area contributed by atoms with E-state index < -0.39 is 0 Å². The number of carbonyl (C=O) groups excluding carboxylic acids is 1. The molecular formula is C26H25NO4S. The SMILES string of the molecule is Cc1oc2c(C)c(OC(=O)CCC3CCCC3)ccc2c(=O)c1-c1nc2ccccc2s1. The molecule has 5 nitrogen and oxygen atoms in total. The fourth-order valence-electron chi connectivity index (χ4n) is 4.61. The fourth-order valence-corrected chi connectivity index (χ4v) is 5.67. The van der Waals surface area contributed by atoms with Crippen LogP contribution in [-0.2, 0) is 4.79 Å². The van der Waals surface area contributed by atoms with Gasteiger partial charge < -0.3 is 9.15 Å². The Hall–Kier alpha value is -2.99. The molecule has 1 fully saturated rings. The van der Waals surface area contributed by atoms with Gasteiger partial charge in [0, 0.05) is 12.0 Å². The number of ether oxygens (including phenoxy) is 1. The molecule has 6 heteroatoms. The van der Waals surface area contributed by atoms with Crippen molar-refractivity contribution in [3.63, 3.8) is 0 Å². The van der Waals surface area contributed by atoms with Gasteiger partial charge in [-0.05, 0) is 50.5 Å². The zero-order chi connectivity index (χ0) is 22.2. The molecule has 2 aromatic heterocycles. The summed E-state index contributed by atoms with van der Waals surface area (Å²) >= 11 is 1.48. The standard InChI is InChI=1S/C26H25NO4S/c1-15-20(31-22(28)14-11-17-7-3-4-8-17)13-12-18-24(29)23(16(2)30-25(15)18)26-27-19-9-5-6-10-21(19)32-26/h5-6,9-10,12-13,17H,3-4,7-8,11,14H2,1-2H3. The average Bonchev–Trinajstić information content (AvgIpc) is 3.44. The first kappa shape index (κ1) is 20.9. The maximum atomic E-state index is 13.4. The molecule has 0 N–H and O–H groups in total. The summed E-state index contributed by atoms with van der Waals surface area (Å²) in [7, 11) is 0. The fraction of sp³-hybridized carbons (Fsp3) is 0.346. The van der Waals surface area contributed by atoms with Gasteiger partial charge in [-0.25, -0.2) is 4.98 Å². The molecule has 0 amide bonds. The number of esters is 1. The van der Waals surface area contributed by atoms with Gasteiger partial charge in [0.05, 0.1) is 21.2 Å². The largest absolute Gasteiger partial charge is 0.460 e. The van der Waals surface area contributed by atoms with Crippen molar-refractivity contribution in [1.82, 2.24) is 4.98 Å². The number of benzene rings is 2. The van der Waals surface area contributed by atoms with Gasteiger partial charge in [-0.3, -0.25) is 9.59 Å². The van der Waals surface area contributed by atoms with Crippen molar-refractivity contribution in [2.45, 2.75) is 52.4 Å². The summed E-state index contributed by atoms with van der Waals surface area (Å²) in [5.74, 6) is 1.37. The summed E-state index contributed by atoms with van der Waals surface area (Å²) < 4.78 is 12.8. The lowest BCUT2D eigenvalue weighted by atomic mass is 10.0. The van der Waals surface area contributed by atoms with E-state index in [9.17, 15) is 9.59 Å². The molecule has 2 aromatic carbocycles. The van der Waals surface area contributed by atoms with E-state index in [0.717, 1.165) is 16.6 Å². The maximum absolute atomic E-state index is 13.4. The zero-order valence-electron chi connectivity index (χ0n) is 18.3. The van der Waals surface area contributed by atoms with Crippen molar-refractivity contribution < 1.29 is 13.9 Å². The number of carbonyl (C=O) groups is 1. The van der Waals surface area contributed by atoms with Crippen LogP contribution >= 0.6 is 11.3 Å². The number of hydrogen-bond donors (Lipinski definition) is 0.